The summed E-state index contributed by atoms with van der Waals surface area (Å²) >= 11 is 0. The Balaban J connectivity index is 0.00000220. The van der Waals surface area contributed by atoms with Crippen LogP contribution >= 0.6 is 0 Å². The number of hydrogen-bond donors (Lipinski definition) is 2. The quantitative estimate of drug-likeness (QED) is 0.657. The molecule has 0 saturated carbocycles. The van der Waals surface area contributed by atoms with Gasteiger partial charge in [0.15, 0.2) is 0 Å². The summed E-state index contributed by atoms with van der Waals surface area (Å²) in [5.41, 5.74) is 1.38. The molecule has 0 atom stereocenters. The maximum absolute atomic E-state index is 9.54. The van der Waals surface area contributed by atoms with Crippen molar-refractivity contribution in [1.82, 2.24) is 0 Å². The van der Waals surface area contributed by atoms with E-state index in [9.17, 15) is 10.2 Å². The molecule has 0 spiro atoms. The number of rotatable bonds is 5. The monoisotopic (exact) mass is 320 g/mol. The number of aliphatic imine (C=N–C) groups is 2. The summed E-state index contributed by atoms with van der Waals surface area (Å²) in [5.74, 6) is 0.433. The molecule has 0 aliphatic heterocycles. The fourth-order valence-corrected chi connectivity index (χ4v) is 1.63. The molecule has 0 aliphatic rings. The van der Waals surface area contributed by atoms with Gasteiger partial charge in [0.2, 0.25) is 0 Å². The number of benzene rings is 2. The summed E-state index contributed by atoms with van der Waals surface area (Å²) in [7, 11) is 0. The maximum atomic E-state index is 9.54. The molecule has 2 aromatic carbocycles. The van der Waals surface area contributed by atoms with Crippen LogP contribution in [0.3, 0.4) is 0 Å². The first-order chi connectivity index (χ1) is 9.77. The third kappa shape index (κ3) is 5.43. The SMILES string of the molecule is Oc1ccccc1C=NCCN=Cc1ccccc1O.[Cr]. The Kier molecular flexibility index (Phi) is 7.24. The van der Waals surface area contributed by atoms with E-state index < -0.39 is 0 Å². The average Bonchev–Trinajstić information content (AvgIpc) is 2.46. The van der Waals surface area contributed by atoms with E-state index in [1.165, 1.54) is 0 Å². The molecule has 2 rings (SSSR count). The number of para-hydroxylation sites is 2. The van der Waals surface area contributed by atoms with Crippen LogP contribution in [0, 0.1) is 0 Å². The molecule has 0 unspecified atom stereocenters. The van der Waals surface area contributed by atoms with E-state index in [1.54, 1.807) is 48.8 Å². The molecular weight excluding hydrogens is 304 g/mol. The van der Waals surface area contributed by atoms with Gasteiger partial charge in [-0.3, -0.25) is 9.98 Å². The molecule has 0 amide bonds. The predicted molar refractivity (Wildman–Crippen MR) is 81.1 cm³/mol. The molecule has 5 heteroatoms. The zero-order chi connectivity index (χ0) is 14.2. The van der Waals surface area contributed by atoms with Crippen molar-refractivity contribution < 1.29 is 27.6 Å². The Labute approximate surface area is 134 Å². The minimum atomic E-state index is 0. The Morgan fingerprint density at radius 1 is 0.714 bits per heavy atom. The molecule has 0 aromatic heterocycles. The second-order valence-electron chi connectivity index (χ2n) is 4.19. The molecule has 108 valence electrons. The molecule has 2 aromatic rings. The zero-order valence-electron chi connectivity index (χ0n) is 11.4. The summed E-state index contributed by atoms with van der Waals surface area (Å²) < 4.78 is 0. The Bertz CT molecular complexity index is 572. The van der Waals surface area contributed by atoms with Gasteiger partial charge in [0.1, 0.15) is 11.5 Å². The van der Waals surface area contributed by atoms with Gasteiger partial charge < -0.3 is 10.2 Å². The van der Waals surface area contributed by atoms with Crippen molar-refractivity contribution in [3.05, 3.63) is 59.7 Å². The van der Waals surface area contributed by atoms with Crippen molar-refractivity contribution in [2.45, 2.75) is 0 Å². The first-order valence-electron chi connectivity index (χ1n) is 6.33. The number of hydrogen-bond acceptors (Lipinski definition) is 4. The first kappa shape index (κ1) is 17.0. The van der Waals surface area contributed by atoms with Crippen molar-refractivity contribution in [3.63, 3.8) is 0 Å². The maximum Gasteiger partial charge on any atom is 0.124 e. The van der Waals surface area contributed by atoms with E-state index in [1.807, 2.05) is 12.1 Å². The topological polar surface area (TPSA) is 65.2 Å². The van der Waals surface area contributed by atoms with Crippen molar-refractivity contribution in [1.29, 1.82) is 0 Å². The van der Waals surface area contributed by atoms with Gasteiger partial charge in [-0.25, -0.2) is 0 Å². The van der Waals surface area contributed by atoms with E-state index >= 15 is 0 Å². The van der Waals surface area contributed by atoms with E-state index in [0.29, 0.717) is 24.2 Å². The summed E-state index contributed by atoms with van der Waals surface area (Å²) in [6, 6.07) is 14.1. The minimum Gasteiger partial charge on any atom is -0.507 e. The van der Waals surface area contributed by atoms with E-state index in [-0.39, 0.29) is 28.9 Å². The fourth-order valence-electron chi connectivity index (χ4n) is 1.63. The third-order valence-electron chi connectivity index (χ3n) is 2.69. The second kappa shape index (κ2) is 8.96. The van der Waals surface area contributed by atoms with Crippen molar-refractivity contribution in [2.75, 3.05) is 13.1 Å². The molecule has 0 heterocycles. The number of phenols is 2. The van der Waals surface area contributed by atoms with Gasteiger partial charge in [0, 0.05) is 40.9 Å². The van der Waals surface area contributed by atoms with Gasteiger partial charge in [-0.1, -0.05) is 24.3 Å². The van der Waals surface area contributed by atoms with E-state index in [0.717, 1.165) is 0 Å². The van der Waals surface area contributed by atoms with Gasteiger partial charge in [0.25, 0.3) is 0 Å². The van der Waals surface area contributed by atoms with Crippen LogP contribution < -0.4 is 0 Å². The van der Waals surface area contributed by atoms with Gasteiger partial charge >= 0.3 is 0 Å². The van der Waals surface area contributed by atoms with E-state index in [4.69, 9.17) is 0 Å². The largest absolute Gasteiger partial charge is 0.507 e. The van der Waals surface area contributed by atoms with Gasteiger partial charge in [-0.05, 0) is 24.3 Å². The standard InChI is InChI=1S/C16H16N2O2.Cr/c19-15-7-3-1-5-13(15)11-17-9-10-18-12-14-6-2-4-8-16(14)20;/h1-8,11-12,19-20H,9-10H2;. The Morgan fingerprint density at radius 3 is 1.48 bits per heavy atom. The van der Waals surface area contributed by atoms with Crippen LogP contribution in [0.25, 0.3) is 0 Å². The van der Waals surface area contributed by atoms with Crippen molar-refractivity contribution in [2.24, 2.45) is 9.98 Å². The van der Waals surface area contributed by atoms with Crippen LogP contribution in [0.4, 0.5) is 0 Å². The molecule has 0 bridgehead atoms. The summed E-state index contributed by atoms with van der Waals surface area (Å²) in [6.45, 7) is 1.05. The number of phenolic OH excluding ortho intramolecular Hbond substituents is 2. The molecular formula is C16H16CrN2O2. The van der Waals surface area contributed by atoms with Gasteiger partial charge in [0.05, 0.1) is 13.1 Å². The Morgan fingerprint density at radius 2 is 1.10 bits per heavy atom. The summed E-state index contributed by atoms with van der Waals surface area (Å²) in [5, 5.41) is 19.1. The number of aromatic hydroxyl groups is 2. The van der Waals surface area contributed by atoms with Crippen molar-refractivity contribution in [3.8, 4) is 11.5 Å². The van der Waals surface area contributed by atoms with Crippen LogP contribution in [0.1, 0.15) is 11.1 Å². The van der Waals surface area contributed by atoms with Crippen LogP contribution in [0.15, 0.2) is 58.5 Å². The summed E-state index contributed by atoms with van der Waals surface area (Å²) in [6.07, 6.45) is 3.26. The third-order valence-corrected chi connectivity index (χ3v) is 2.69. The average molecular weight is 320 g/mol. The smallest absolute Gasteiger partial charge is 0.124 e. The van der Waals surface area contributed by atoms with Crippen LogP contribution in [0.5, 0.6) is 11.5 Å². The molecule has 21 heavy (non-hydrogen) atoms. The summed E-state index contributed by atoms with van der Waals surface area (Å²) in [4.78, 5) is 8.39. The fraction of sp³-hybridized carbons (Fsp3) is 0.125. The molecule has 4 nitrogen and oxygen atoms in total. The molecule has 0 radical (unpaired) electrons. The minimum absolute atomic E-state index is 0. The second-order valence-corrected chi connectivity index (χ2v) is 4.19. The number of nitrogens with zero attached hydrogens (tertiary/aromatic N) is 2. The predicted octanol–water partition coefficient (Wildman–Crippen LogP) is 2.63. The molecule has 0 fully saturated rings. The Hall–Kier alpha value is -2.09. The van der Waals surface area contributed by atoms with Gasteiger partial charge in [-0.2, -0.15) is 0 Å². The molecule has 0 saturated heterocycles. The molecule has 0 aliphatic carbocycles. The van der Waals surface area contributed by atoms with Crippen molar-refractivity contribution >= 4 is 12.4 Å². The van der Waals surface area contributed by atoms with Crippen LogP contribution in [-0.2, 0) is 17.4 Å². The van der Waals surface area contributed by atoms with Crippen LogP contribution in [-0.4, -0.2) is 35.7 Å². The molecule has 2 N–H and O–H groups in total. The zero-order valence-corrected chi connectivity index (χ0v) is 12.7. The van der Waals surface area contributed by atoms with Crippen LogP contribution in [0.2, 0.25) is 0 Å². The first-order valence-corrected chi connectivity index (χ1v) is 6.33. The van der Waals surface area contributed by atoms with E-state index in [2.05, 4.69) is 9.98 Å². The van der Waals surface area contributed by atoms with Gasteiger partial charge in [-0.15, -0.1) is 0 Å². The normalized spacial score (nSPS) is 10.9.